The Balaban J connectivity index is 2.57. The summed E-state index contributed by atoms with van der Waals surface area (Å²) in [5, 5.41) is 10.8. The molecule has 1 aromatic rings. The van der Waals surface area contributed by atoms with E-state index in [-0.39, 0.29) is 16.2 Å². The highest BCUT2D eigenvalue weighted by Crippen LogP contribution is 2.48. The van der Waals surface area contributed by atoms with E-state index in [1.54, 1.807) is 24.1 Å². The Morgan fingerprint density at radius 2 is 2.00 bits per heavy atom. The molecule has 1 aromatic carbocycles. The fourth-order valence-electron chi connectivity index (χ4n) is 2.64. The van der Waals surface area contributed by atoms with E-state index >= 15 is 0 Å². The predicted molar refractivity (Wildman–Crippen MR) is 88.4 cm³/mol. The average Bonchev–Trinajstić information content (AvgIpc) is 2.44. The first-order valence-corrected chi connectivity index (χ1v) is 8.07. The van der Waals surface area contributed by atoms with Crippen molar-refractivity contribution in [2.45, 2.75) is 24.6 Å². The quantitative estimate of drug-likeness (QED) is 0.767. The van der Waals surface area contributed by atoms with E-state index in [0.717, 1.165) is 0 Å². The van der Waals surface area contributed by atoms with Crippen LogP contribution in [0.3, 0.4) is 0 Å². The zero-order chi connectivity index (χ0) is 17.4. The SMILES string of the molecule is CC(c1ccc(Br)cc1Cl)C(O)(C1=CN(C)CC=C1)C(F)(F)F. The summed E-state index contributed by atoms with van der Waals surface area (Å²) >= 11 is 9.31. The smallest absolute Gasteiger partial charge is 0.376 e. The number of alkyl halides is 3. The Kier molecular flexibility index (Phi) is 5.18. The van der Waals surface area contributed by atoms with Crippen molar-refractivity contribution in [2.24, 2.45) is 0 Å². The molecule has 126 valence electrons. The van der Waals surface area contributed by atoms with Gasteiger partial charge in [0.15, 0.2) is 5.60 Å². The molecule has 2 atom stereocenters. The van der Waals surface area contributed by atoms with Crippen molar-refractivity contribution in [2.75, 3.05) is 13.6 Å². The Morgan fingerprint density at radius 1 is 1.35 bits per heavy atom. The molecule has 0 bridgehead atoms. The number of nitrogens with zero attached hydrogens (tertiary/aromatic N) is 1. The molecule has 0 spiro atoms. The fraction of sp³-hybridized carbons (Fsp3) is 0.375. The van der Waals surface area contributed by atoms with Crippen LogP contribution in [0, 0.1) is 0 Å². The maximum absolute atomic E-state index is 13.8. The summed E-state index contributed by atoms with van der Waals surface area (Å²) in [7, 11) is 1.65. The minimum Gasteiger partial charge on any atom is -0.376 e. The lowest BCUT2D eigenvalue weighted by Crippen LogP contribution is -2.51. The van der Waals surface area contributed by atoms with Crippen molar-refractivity contribution in [3.8, 4) is 0 Å². The zero-order valence-electron chi connectivity index (χ0n) is 12.5. The lowest BCUT2D eigenvalue weighted by Gasteiger charge is -2.39. The Labute approximate surface area is 146 Å². The van der Waals surface area contributed by atoms with Crippen molar-refractivity contribution in [3.05, 3.63) is 57.2 Å². The van der Waals surface area contributed by atoms with Crippen molar-refractivity contribution in [3.63, 3.8) is 0 Å². The molecule has 2 unspecified atom stereocenters. The number of hydrogen-bond acceptors (Lipinski definition) is 2. The number of aliphatic hydroxyl groups is 1. The second-order valence-corrected chi connectivity index (χ2v) is 6.90. The number of rotatable bonds is 3. The molecular weight excluding hydrogens is 395 g/mol. The molecule has 2 rings (SSSR count). The third kappa shape index (κ3) is 3.44. The molecule has 0 aromatic heterocycles. The van der Waals surface area contributed by atoms with Crippen LogP contribution >= 0.6 is 27.5 Å². The molecule has 0 amide bonds. The number of halogens is 5. The van der Waals surface area contributed by atoms with Gasteiger partial charge in [0.2, 0.25) is 0 Å². The van der Waals surface area contributed by atoms with Crippen LogP contribution in [0.2, 0.25) is 5.02 Å². The molecule has 7 heteroatoms. The van der Waals surface area contributed by atoms with E-state index in [1.807, 2.05) is 0 Å². The van der Waals surface area contributed by atoms with Gasteiger partial charge in [-0.15, -0.1) is 0 Å². The molecule has 1 aliphatic heterocycles. The van der Waals surface area contributed by atoms with Gasteiger partial charge in [-0.2, -0.15) is 13.2 Å². The molecule has 0 fully saturated rings. The zero-order valence-corrected chi connectivity index (χ0v) is 14.9. The van der Waals surface area contributed by atoms with Gasteiger partial charge >= 0.3 is 6.18 Å². The predicted octanol–water partition coefficient (Wildman–Crippen LogP) is 4.88. The monoisotopic (exact) mass is 409 g/mol. The molecule has 2 nitrogen and oxygen atoms in total. The highest BCUT2D eigenvalue weighted by molar-refractivity contribution is 9.10. The molecule has 0 saturated carbocycles. The summed E-state index contributed by atoms with van der Waals surface area (Å²) in [6.07, 6.45) is -0.632. The number of benzene rings is 1. The standard InChI is InChI=1S/C16H16BrClF3NO/c1-10(13-6-5-12(17)8-14(13)18)15(23,16(19,20)21)11-4-3-7-22(2)9-11/h3-6,8-10,23H,7H2,1-2H3. The first-order valence-electron chi connectivity index (χ1n) is 6.90. The lowest BCUT2D eigenvalue weighted by atomic mass is 9.77. The van der Waals surface area contributed by atoms with Crippen LogP contribution in [0.25, 0.3) is 0 Å². The maximum atomic E-state index is 13.8. The number of hydrogen-bond donors (Lipinski definition) is 1. The third-order valence-corrected chi connectivity index (χ3v) is 4.80. The highest BCUT2D eigenvalue weighted by Gasteiger charge is 2.59. The van der Waals surface area contributed by atoms with Crippen LogP contribution in [-0.4, -0.2) is 35.4 Å². The van der Waals surface area contributed by atoms with Gasteiger partial charge in [-0.05, 0) is 17.7 Å². The molecule has 1 aliphatic rings. The minimum absolute atomic E-state index is 0.170. The van der Waals surface area contributed by atoms with E-state index in [9.17, 15) is 18.3 Å². The van der Waals surface area contributed by atoms with Gasteiger partial charge in [0.1, 0.15) is 0 Å². The van der Waals surface area contributed by atoms with E-state index in [4.69, 9.17) is 11.6 Å². The summed E-state index contributed by atoms with van der Waals surface area (Å²) < 4.78 is 42.0. The average molecular weight is 411 g/mol. The van der Waals surface area contributed by atoms with Crippen molar-refractivity contribution >= 4 is 27.5 Å². The normalized spacial score (nSPS) is 19.3. The first-order chi connectivity index (χ1) is 10.6. The fourth-order valence-corrected chi connectivity index (χ4v) is 3.48. The largest absolute Gasteiger partial charge is 0.422 e. The van der Waals surface area contributed by atoms with E-state index in [1.165, 1.54) is 31.3 Å². The Hall–Kier alpha value is -0.980. The van der Waals surface area contributed by atoms with E-state index in [0.29, 0.717) is 11.0 Å². The van der Waals surface area contributed by atoms with Crippen LogP contribution in [0.5, 0.6) is 0 Å². The van der Waals surface area contributed by atoms with Crippen LogP contribution in [0.1, 0.15) is 18.4 Å². The van der Waals surface area contributed by atoms with Crippen molar-refractivity contribution in [1.82, 2.24) is 4.90 Å². The molecule has 1 heterocycles. The van der Waals surface area contributed by atoms with Crippen LogP contribution in [-0.2, 0) is 0 Å². The summed E-state index contributed by atoms with van der Waals surface area (Å²) in [4.78, 5) is 1.59. The Bertz CT molecular complexity index is 659. The molecule has 23 heavy (non-hydrogen) atoms. The summed E-state index contributed by atoms with van der Waals surface area (Å²) in [5.41, 5.74) is -3.00. The van der Waals surface area contributed by atoms with E-state index in [2.05, 4.69) is 15.9 Å². The van der Waals surface area contributed by atoms with Crippen molar-refractivity contribution in [1.29, 1.82) is 0 Å². The second kappa shape index (κ2) is 6.49. The minimum atomic E-state index is -4.85. The second-order valence-electron chi connectivity index (χ2n) is 5.58. The van der Waals surface area contributed by atoms with Gasteiger partial charge in [0.05, 0.1) is 0 Å². The highest BCUT2D eigenvalue weighted by atomic mass is 79.9. The van der Waals surface area contributed by atoms with Gasteiger partial charge < -0.3 is 10.0 Å². The van der Waals surface area contributed by atoms with Crippen LogP contribution in [0.4, 0.5) is 13.2 Å². The molecule has 0 saturated heterocycles. The molecular formula is C16H16BrClF3NO. The third-order valence-electron chi connectivity index (χ3n) is 3.98. The van der Waals surface area contributed by atoms with Crippen molar-refractivity contribution < 1.29 is 18.3 Å². The lowest BCUT2D eigenvalue weighted by molar-refractivity contribution is -0.250. The van der Waals surface area contributed by atoms with Crippen LogP contribution in [0.15, 0.2) is 46.6 Å². The van der Waals surface area contributed by atoms with Gasteiger partial charge in [-0.3, -0.25) is 0 Å². The van der Waals surface area contributed by atoms with Gasteiger partial charge in [-0.1, -0.05) is 52.7 Å². The topological polar surface area (TPSA) is 23.5 Å². The van der Waals surface area contributed by atoms with E-state index < -0.39 is 17.7 Å². The van der Waals surface area contributed by atoms with Gasteiger partial charge in [0.25, 0.3) is 0 Å². The summed E-state index contributed by atoms with van der Waals surface area (Å²) in [6.45, 7) is 1.82. The summed E-state index contributed by atoms with van der Waals surface area (Å²) in [6, 6.07) is 4.61. The maximum Gasteiger partial charge on any atom is 0.422 e. The molecule has 0 radical (unpaired) electrons. The molecule has 0 aliphatic carbocycles. The van der Waals surface area contributed by atoms with Gasteiger partial charge in [0, 0.05) is 40.8 Å². The first kappa shape index (κ1) is 18.4. The molecule has 1 N–H and O–H groups in total. The van der Waals surface area contributed by atoms with Gasteiger partial charge in [-0.25, -0.2) is 0 Å². The van der Waals surface area contributed by atoms with Crippen LogP contribution < -0.4 is 0 Å². The Morgan fingerprint density at radius 3 is 2.52 bits per heavy atom. The number of likely N-dealkylation sites (N-methyl/N-ethyl adjacent to an activating group) is 1. The summed E-state index contributed by atoms with van der Waals surface area (Å²) in [5.74, 6) is -1.27.